The second-order valence-electron chi connectivity index (χ2n) is 24.8. The van der Waals surface area contributed by atoms with E-state index in [-0.39, 0.29) is 56.6 Å². The lowest BCUT2D eigenvalue weighted by molar-refractivity contribution is -0.293. The molecule has 5 N–H and O–H groups in total. The lowest BCUT2D eigenvalue weighted by Gasteiger charge is -2.62. The zero-order chi connectivity index (χ0) is 54.6. The van der Waals surface area contributed by atoms with Crippen molar-refractivity contribution in [1.29, 1.82) is 0 Å². The van der Waals surface area contributed by atoms with Crippen molar-refractivity contribution in [2.24, 2.45) is 45.8 Å². The fraction of sp³-hybridized carbons (Fsp3) is 0.857. The van der Waals surface area contributed by atoms with Gasteiger partial charge < -0.3 is 59.0 Å². The summed E-state index contributed by atoms with van der Waals surface area (Å²) in [5.74, 6) is -5.72. The predicted octanol–water partition coefficient (Wildman–Crippen LogP) is 5.62. The number of halogens is 1. The number of nitrogens with zero attached hydrogens (tertiary/aromatic N) is 2. The van der Waals surface area contributed by atoms with Crippen LogP contribution in [0, 0.1) is 45.8 Å². The highest BCUT2D eigenvalue weighted by Crippen LogP contribution is 2.70. The molecule has 4 unspecified atom stereocenters. The third kappa shape index (κ3) is 10.8. The van der Waals surface area contributed by atoms with E-state index < -0.39 is 130 Å². The van der Waals surface area contributed by atoms with Crippen molar-refractivity contribution in [2.75, 3.05) is 34.3 Å². The highest BCUT2D eigenvalue weighted by molar-refractivity contribution is 6.01. The standard InChI is InChI=1S/C56H91FN2O14/c1-15-42-54(11,67)46(64)35(6)59(14)25-18-23-51(7,8)47(33(4)44(63)34(5)48(65)71-42)73-49-45(40(58(12)13)28-32(3)70-49)72-43(62)19-16-17-26-69-50(66)56(68)31(2)27-39-38-21-20-36-29-37(60)22-24-52(36,9)55(38,57)41(61)30-53(39,56)10/h22,24,29,31-35,38-42,44-47,49,61,63-64,67-68H,15-21,23,25-28,30H2,1-14H3/t31-,32+,33+,34-,35-,38?,39?,40+,41+,42-,44+,45?,46+,47?,49-,52+,53+,54-,55+,56+/m1/s1. The molecule has 0 radical (unpaired) electrons. The molecule has 0 aromatic carbocycles. The van der Waals surface area contributed by atoms with E-state index in [1.165, 1.54) is 19.1 Å². The summed E-state index contributed by atoms with van der Waals surface area (Å²) in [4.78, 5) is 57.9. The van der Waals surface area contributed by atoms with Gasteiger partial charge in [0.1, 0.15) is 17.8 Å². The number of fused-ring (bicyclic) bond motifs is 5. The van der Waals surface area contributed by atoms with Crippen LogP contribution in [0.1, 0.15) is 147 Å². The van der Waals surface area contributed by atoms with Crippen molar-refractivity contribution < 1.29 is 72.8 Å². The molecular formula is C56H91FN2O14. The Bertz CT molecular complexity index is 2070. The molecule has 3 saturated carbocycles. The number of unbranched alkanes of at least 4 members (excludes halogenated alkanes) is 1. The Balaban J connectivity index is 1.12. The van der Waals surface area contributed by atoms with Crippen LogP contribution in [0.5, 0.6) is 0 Å². The minimum Gasteiger partial charge on any atom is -0.464 e. The Kier molecular flexibility index (Phi) is 18.1. The first kappa shape index (κ1) is 59.4. The van der Waals surface area contributed by atoms with Gasteiger partial charge in [0.2, 0.25) is 0 Å². The fourth-order valence-corrected chi connectivity index (χ4v) is 14.5. The Morgan fingerprint density at radius 3 is 2.29 bits per heavy atom. The topological polar surface area (TPSA) is 222 Å². The number of carbonyl (C=O) groups excluding carboxylic acids is 4. The number of hydrogen-bond acceptors (Lipinski definition) is 16. The molecule has 0 aromatic heterocycles. The fourth-order valence-electron chi connectivity index (χ4n) is 14.5. The van der Waals surface area contributed by atoms with Gasteiger partial charge in [0, 0.05) is 35.1 Å². The Morgan fingerprint density at radius 1 is 0.973 bits per heavy atom. The van der Waals surface area contributed by atoms with Crippen molar-refractivity contribution >= 4 is 23.7 Å². The predicted molar refractivity (Wildman–Crippen MR) is 270 cm³/mol. The summed E-state index contributed by atoms with van der Waals surface area (Å²) >= 11 is 0. The van der Waals surface area contributed by atoms with Gasteiger partial charge in [0.25, 0.3) is 0 Å². The summed E-state index contributed by atoms with van der Waals surface area (Å²) in [5.41, 5.74) is -8.26. The van der Waals surface area contributed by atoms with E-state index in [9.17, 15) is 44.7 Å². The van der Waals surface area contributed by atoms with Crippen LogP contribution in [0.15, 0.2) is 23.8 Å². The monoisotopic (exact) mass is 1030 g/mol. The molecule has 5 fully saturated rings. The van der Waals surface area contributed by atoms with Crippen molar-refractivity contribution in [3.05, 3.63) is 23.8 Å². The highest BCUT2D eigenvalue weighted by Gasteiger charge is 2.76. The second kappa shape index (κ2) is 22.2. The third-order valence-electron chi connectivity index (χ3n) is 19.4. The first-order valence-electron chi connectivity index (χ1n) is 27.2. The first-order chi connectivity index (χ1) is 33.8. The molecule has 6 rings (SSSR count). The van der Waals surface area contributed by atoms with Gasteiger partial charge in [-0.2, -0.15) is 0 Å². The number of alkyl halides is 1. The average molecular weight is 1040 g/mol. The quantitative estimate of drug-likeness (QED) is 0.0963. The summed E-state index contributed by atoms with van der Waals surface area (Å²) in [5, 5.41) is 59.1. The number of allylic oxidation sites excluding steroid dienone is 4. The summed E-state index contributed by atoms with van der Waals surface area (Å²) in [6, 6.07) is -0.815. The van der Waals surface area contributed by atoms with Gasteiger partial charge in [0.15, 0.2) is 29.4 Å². The molecule has 2 heterocycles. The number of ketones is 1. The minimum absolute atomic E-state index is 0.0332. The molecule has 6 aliphatic rings. The molecule has 2 aliphatic heterocycles. The third-order valence-corrected chi connectivity index (χ3v) is 19.4. The van der Waals surface area contributed by atoms with Gasteiger partial charge in [-0.15, -0.1) is 0 Å². The molecule has 2 saturated heterocycles. The van der Waals surface area contributed by atoms with E-state index in [1.54, 1.807) is 40.7 Å². The molecule has 73 heavy (non-hydrogen) atoms. The number of carbonyl (C=O) groups is 4. The SMILES string of the molecule is CC[C@H]1OC(=O)[C@H](C)[C@@H](O)[C@H](C)C(O[C@H]2O[C@@H](C)C[C@H](N(C)C)C2OC(=O)CCCCOC(=O)[C@@]2(O)[C@H](C)CC3C4CCC5=CC(=O)C=C[C@]5(C)[C@@]4(F)[C@@H](O)C[C@@]32C)C(C)(C)CCCN(C)[C@H](C)[C@H](O)[C@]1(C)O. The van der Waals surface area contributed by atoms with Crippen molar-refractivity contribution in [2.45, 2.75) is 225 Å². The van der Waals surface area contributed by atoms with Crippen molar-refractivity contribution in [3.63, 3.8) is 0 Å². The lowest BCUT2D eigenvalue weighted by atomic mass is 9.45. The van der Waals surface area contributed by atoms with Crippen LogP contribution in [0.3, 0.4) is 0 Å². The molecule has 0 amide bonds. The molecule has 17 heteroatoms. The Hall–Kier alpha value is -2.87. The average Bonchev–Trinajstić information content (AvgIpc) is 3.52. The molecule has 0 bridgehead atoms. The molecule has 416 valence electrons. The van der Waals surface area contributed by atoms with Gasteiger partial charge in [-0.1, -0.05) is 53.2 Å². The molecule has 16 nitrogen and oxygen atoms in total. The maximum atomic E-state index is 17.7. The number of aliphatic hydroxyl groups excluding tert-OH is 3. The number of esters is 3. The Labute approximate surface area is 433 Å². The zero-order valence-corrected chi connectivity index (χ0v) is 46.3. The van der Waals surface area contributed by atoms with Crippen LogP contribution in [0.2, 0.25) is 0 Å². The largest absolute Gasteiger partial charge is 0.464 e. The summed E-state index contributed by atoms with van der Waals surface area (Å²) in [6.07, 6.45) is -0.115. The molecular weight excluding hydrogens is 944 g/mol. The number of ether oxygens (including phenoxy) is 5. The first-order valence-corrected chi connectivity index (χ1v) is 27.2. The number of rotatable bonds is 11. The van der Waals surface area contributed by atoms with Crippen LogP contribution in [-0.4, -0.2) is 171 Å². The van der Waals surface area contributed by atoms with Crippen LogP contribution in [-0.2, 0) is 42.9 Å². The van der Waals surface area contributed by atoms with Gasteiger partial charge in [0.05, 0.1) is 43.0 Å². The lowest BCUT2D eigenvalue weighted by Crippen LogP contribution is -2.69. The minimum atomic E-state index is -2.10. The van der Waals surface area contributed by atoms with Crippen LogP contribution < -0.4 is 0 Å². The second-order valence-corrected chi connectivity index (χ2v) is 24.8. The zero-order valence-electron chi connectivity index (χ0n) is 46.3. The van der Waals surface area contributed by atoms with E-state index in [1.807, 2.05) is 65.6 Å². The van der Waals surface area contributed by atoms with E-state index in [0.717, 1.165) is 0 Å². The number of hydrogen-bond donors (Lipinski definition) is 5. The van der Waals surface area contributed by atoms with Crippen LogP contribution in [0.25, 0.3) is 0 Å². The van der Waals surface area contributed by atoms with E-state index in [0.29, 0.717) is 50.6 Å². The van der Waals surface area contributed by atoms with Crippen molar-refractivity contribution in [1.82, 2.24) is 9.80 Å². The maximum absolute atomic E-state index is 17.7. The molecule has 4 aliphatic carbocycles. The van der Waals surface area contributed by atoms with E-state index >= 15 is 4.39 Å². The number of cyclic esters (lactones) is 1. The van der Waals surface area contributed by atoms with Gasteiger partial charge >= 0.3 is 17.9 Å². The number of likely N-dealkylation sites (N-methyl/N-ethyl adjacent to an activating group) is 2. The number of aliphatic hydroxyl groups is 5. The summed E-state index contributed by atoms with van der Waals surface area (Å²) < 4.78 is 49.1. The normalized spacial score (nSPS) is 45.7. The maximum Gasteiger partial charge on any atom is 0.338 e. The van der Waals surface area contributed by atoms with Gasteiger partial charge in [-0.05, 0) is 156 Å². The van der Waals surface area contributed by atoms with Gasteiger partial charge in [-0.25, -0.2) is 9.18 Å². The van der Waals surface area contributed by atoms with Crippen LogP contribution in [0.4, 0.5) is 4.39 Å². The molecule has 0 spiro atoms. The van der Waals surface area contributed by atoms with E-state index in [4.69, 9.17) is 23.7 Å². The molecule has 0 aromatic rings. The Morgan fingerprint density at radius 2 is 1.64 bits per heavy atom. The highest BCUT2D eigenvalue weighted by atomic mass is 19.1. The smallest absolute Gasteiger partial charge is 0.338 e. The van der Waals surface area contributed by atoms with Crippen molar-refractivity contribution in [3.8, 4) is 0 Å². The van der Waals surface area contributed by atoms with Gasteiger partial charge in [-0.3, -0.25) is 14.4 Å². The summed E-state index contributed by atoms with van der Waals surface area (Å²) in [6.45, 7) is 20.1. The van der Waals surface area contributed by atoms with Crippen LogP contribution >= 0.6 is 0 Å². The summed E-state index contributed by atoms with van der Waals surface area (Å²) in [7, 11) is 5.65. The molecule has 20 atom stereocenters. The van der Waals surface area contributed by atoms with E-state index in [2.05, 4.69) is 0 Å².